The standard InChI is InChI=1S/C13H19N3O7P2S/c1-9-3-4-11(13(14)15-9)7-16-8-26-12(10(16)2)5-6-22-25(20,21)23-24(17,18)19/h3-4,8H,5-7H2,1-2H3,(H4-,14,15,17,18,19,20,21). The molecule has 0 saturated carbocycles. The molecule has 13 heteroatoms. The number of nitrogens with zero attached hydrogens (tertiary/aromatic N) is 2. The molecule has 2 aromatic heterocycles. The highest BCUT2D eigenvalue weighted by atomic mass is 32.1. The number of pyridine rings is 1. The number of hydrogen-bond donors (Lipinski definition) is 3. The Bertz CT molecular complexity index is 883. The van der Waals surface area contributed by atoms with Crippen LogP contribution in [-0.4, -0.2) is 21.4 Å². The lowest BCUT2D eigenvalue weighted by molar-refractivity contribution is -0.689. The van der Waals surface area contributed by atoms with Crippen LogP contribution in [0.2, 0.25) is 0 Å². The van der Waals surface area contributed by atoms with E-state index < -0.39 is 15.6 Å². The van der Waals surface area contributed by atoms with Gasteiger partial charge in [-0.15, -0.1) is 0 Å². The Morgan fingerprint density at radius 1 is 1.35 bits per heavy atom. The van der Waals surface area contributed by atoms with Crippen LogP contribution in [0.4, 0.5) is 5.82 Å². The predicted molar refractivity (Wildman–Crippen MR) is 92.1 cm³/mol. The highest BCUT2D eigenvalue weighted by Crippen LogP contribution is 2.55. The average Bonchev–Trinajstić information content (AvgIpc) is 2.80. The van der Waals surface area contributed by atoms with Gasteiger partial charge in [-0.25, -0.2) is 13.9 Å². The fourth-order valence-electron chi connectivity index (χ4n) is 2.18. The van der Waals surface area contributed by atoms with Gasteiger partial charge in [0.1, 0.15) is 5.82 Å². The molecular formula is C13H19N3O7P2S. The van der Waals surface area contributed by atoms with E-state index in [2.05, 4.69) is 13.8 Å². The first kappa shape index (κ1) is 21.1. The number of aryl methyl sites for hydroxylation is 1. The van der Waals surface area contributed by atoms with E-state index in [1.807, 2.05) is 36.1 Å². The van der Waals surface area contributed by atoms with Gasteiger partial charge in [0, 0.05) is 19.0 Å². The Morgan fingerprint density at radius 3 is 2.65 bits per heavy atom. The second kappa shape index (κ2) is 8.24. The van der Waals surface area contributed by atoms with Crippen molar-refractivity contribution in [1.82, 2.24) is 4.98 Å². The van der Waals surface area contributed by atoms with Crippen molar-refractivity contribution >= 4 is 32.8 Å². The molecule has 26 heavy (non-hydrogen) atoms. The summed E-state index contributed by atoms with van der Waals surface area (Å²) in [5.41, 5.74) is 10.4. The summed E-state index contributed by atoms with van der Waals surface area (Å²) in [4.78, 5) is 33.2. The molecule has 2 heterocycles. The third-order valence-corrected chi connectivity index (χ3v) is 6.74. The molecule has 0 aromatic carbocycles. The predicted octanol–water partition coefficient (Wildman–Crippen LogP) is 0.815. The minimum absolute atomic E-state index is 0.258. The molecule has 4 N–H and O–H groups in total. The number of phosphoric acid groups is 2. The van der Waals surface area contributed by atoms with Crippen molar-refractivity contribution < 1.29 is 37.2 Å². The van der Waals surface area contributed by atoms with Crippen molar-refractivity contribution in [3.8, 4) is 0 Å². The van der Waals surface area contributed by atoms with Gasteiger partial charge < -0.3 is 20.4 Å². The number of nitrogens with two attached hydrogens (primary N) is 1. The third kappa shape index (κ3) is 6.22. The van der Waals surface area contributed by atoms with Gasteiger partial charge >= 0.3 is 7.82 Å². The van der Waals surface area contributed by atoms with Crippen LogP contribution in [0.1, 0.15) is 21.8 Å². The lowest BCUT2D eigenvalue weighted by atomic mass is 10.2. The molecule has 2 atom stereocenters. The van der Waals surface area contributed by atoms with Crippen LogP contribution < -0.4 is 15.2 Å². The molecule has 2 rings (SSSR count). The molecule has 0 aliphatic rings. The first-order valence-corrected chi connectivity index (χ1v) is 11.2. The normalized spacial score (nSPS) is 16.2. The molecule has 0 aliphatic carbocycles. The highest BCUT2D eigenvalue weighted by Gasteiger charge is 2.27. The van der Waals surface area contributed by atoms with Gasteiger partial charge in [-0.1, -0.05) is 11.3 Å². The Labute approximate surface area is 154 Å². The Kier molecular flexibility index (Phi) is 6.70. The molecule has 0 bridgehead atoms. The summed E-state index contributed by atoms with van der Waals surface area (Å²) < 4.78 is 32.0. The van der Waals surface area contributed by atoms with E-state index in [1.54, 1.807) is 0 Å². The summed E-state index contributed by atoms with van der Waals surface area (Å²) in [6, 6.07) is 3.78. The quantitative estimate of drug-likeness (QED) is 0.412. The number of aromatic nitrogens is 2. The Morgan fingerprint density at radius 2 is 2.04 bits per heavy atom. The first-order chi connectivity index (χ1) is 12.0. The van der Waals surface area contributed by atoms with E-state index in [0.717, 1.165) is 21.8 Å². The lowest BCUT2D eigenvalue weighted by Gasteiger charge is -2.18. The van der Waals surface area contributed by atoms with Crippen molar-refractivity contribution in [3.63, 3.8) is 0 Å². The number of hydrogen-bond acceptors (Lipinski definition) is 8. The topological polar surface area (TPSA) is 159 Å². The van der Waals surface area contributed by atoms with Gasteiger partial charge in [0.15, 0.2) is 12.2 Å². The number of anilines is 1. The van der Waals surface area contributed by atoms with E-state index in [4.69, 9.17) is 10.6 Å². The number of nitrogen functional groups attached to an aromatic ring is 1. The van der Waals surface area contributed by atoms with Crippen LogP contribution >= 0.6 is 27.0 Å². The first-order valence-electron chi connectivity index (χ1n) is 7.38. The number of rotatable bonds is 8. The smallest absolute Gasteiger partial charge is 0.478 e. The van der Waals surface area contributed by atoms with Gasteiger partial charge in [0.25, 0.3) is 7.82 Å². The molecule has 10 nitrogen and oxygen atoms in total. The second-order valence-electron chi connectivity index (χ2n) is 5.46. The highest BCUT2D eigenvalue weighted by molar-refractivity contribution is 7.60. The molecule has 0 fully saturated rings. The van der Waals surface area contributed by atoms with Crippen molar-refractivity contribution in [2.24, 2.45) is 0 Å². The van der Waals surface area contributed by atoms with E-state index >= 15 is 0 Å². The van der Waals surface area contributed by atoms with Gasteiger partial charge in [0.05, 0.1) is 17.0 Å². The molecule has 0 radical (unpaired) electrons. The summed E-state index contributed by atoms with van der Waals surface area (Å²) in [6.07, 6.45) is 0.258. The molecule has 2 unspecified atom stereocenters. The van der Waals surface area contributed by atoms with Crippen LogP contribution in [-0.2, 0) is 30.9 Å². The number of thiazole rings is 1. The Hall–Kier alpha value is -1.16. The summed E-state index contributed by atoms with van der Waals surface area (Å²) >= 11 is 1.41. The summed E-state index contributed by atoms with van der Waals surface area (Å²) in [5.74, 6) is 0.456. The molecular weight excluding hydrogens is 404 g/mol. The van der Waals surface area contributed by atoms with Crippen molar-refractivity contribution in [2.45, 2.75) is 26.8 Å². The maximum absolute atomic E-state index is 11.4. The number of phosphoric ester groups is 1. The second-order valence-corrected chi connectivity index (χ2v) is 9.18. The minimum atomic E-state index is -5.36. The largest absolute Gasteiger partial charge is 0.756 e. The van der Waals surface area contributed by atoms with E-state index in [0.29, 0.717) is 12.4 Å². The van der Waals surface area contributed by atoms with Gasteiger partial charge in [-0.3, -0.25) is 9.09 Å². The van der Waals surface area contributed by atoms with Crippen LogP contribution in [0.15, 0.2) is 17.6 Å². The summed E-state index contributed by atoms with van der Waals surface area (Å²) in [6.45, 7) is 3.99. The molecule has 0 aliphatic heterocycles. The monoisotopic (exact) mass is 423 g/mol. The van der Waals surface area contributed by atoms with Crippen molar-refractivity contribution in [3.05, 3.63) is 39.5 Å². The summed E-state index contributed by atoms with van der Waals surface area (Å²) in [5, 5.41) is 0. The third-order valence-electron chi connectivity index (χ3n) is 3.44. The molecule has 0 saturated heterocycles. The average molecular weight is 423 g/mol. The van der Waals surface area contributed by atoms with E-state index in [-0.39, 0.29) is 13.0 Å². The summed E-state index contributed by atoms with van der Waals surface area (Å²) in [7, 11) is -10.2. The van der Waals surface area contributed by atoms with Crippen LogP contribution in [0.5, 0.6) is 0 Å². The van der Waals surface area contributed by atoms with E-state index in [9.17, 15) is 18.9 Å². The van der Waals surface area contributed by atoms with Crippen LogP contribution in [0, 0.1) is 13.8 Å². The fourth-order valence-corrected chi connectivity index (χ4v) is 4.71. The van der Waals surface area contributed by atoms with Gasteiger partial charge in [-0.2, -0.15) is 4.57 Å². The van der Waals surface area contributed by atoms with Crippen LogP contribution in [0.3, 0.4) is 0 Å². The zero-order valence-electron chi connectivity index (χ0n) is 14.1. The molecule has 0 spiro atoms. The SMILES string of the molecule is Cc1ccc(C[n+]2csc(CCOP(=O)(O)OP(=O)([O-])O)c2C)c(N)n1. The maximum Gasteiger partial charge on any atom is 0.478 e. The molecule has 0 amide bonds. The van der Waals surface area contributed by atoms with Gasteiger partial charge in [0.2, 0.25) is 5.51 Å². The fraction of sp³-hybridized carbons (Fsp3) is 0.385. The van der Waals surface area contributed by atoms with Crippen molar-refractivity contribution in [2.75, 3.05) is 12.3 Å². The van der Waals surface area contributed by atoms with Crippen molar-refractivity contribution in [1.29, 1.82) is 0 Å². The van der Waals surface area contributed by atoms with Gasteiger partial charge in [-0.05, 0) is 19.1 Å². The van der Waals surface area contributed by atoms with E-state index in [1.165, 1.54) is 11.3 Å². The zero-order valence-corrected chi connectivity index (χ0v) is 16.7. The maximum atomic E-state index is 11.4. The van der Waals surface area contributed by atoms with Crippen LogP contribution in [0.25, 0.3) is 0 Å². The zero-order chi connectivity index (χ0) is 19.5. The molecule has 2 aromatic rings. The lowest BCUT2D eigenvalue weighted by Crippen LogP contribution is -2.35. The Balaban J connectivity index is 1.98. The molecule has 144 valence electrons. The minimum Gasteiger partial charge on any atom is -0.756 e.